The van der Waals surface area contributed by atoms with Crippen molar-refractivity contribution >= 4 is 16.7 Å². The molecule has 0 N–H and O–H groups in total. The third kappa shape index (κ3) is 4.50. The van der Waals surface area contributed by atoms with Gasteiger partial charge in [0.2, 0.25) is 5.91 Å². The molecule has 0 unspecified atom stereocenters. The predicted octanol–water partition coefficient (Wildman–Crippen LogP) is 3.43. The maximum Gasteiger partial charge on any atom is 0.240 e. The molecule has 0 aromatic heterocycles. The molecule has 1 amide bonds. The van der Waals surface area contributed by atoms with E-state index < -0.39 is 0 Å². The summed E-state index contributed by atoms with van der Waals surface area (Å²) in [7, 11) is 5.91. The van der Waals surface area contributed by atoms with Crippen molar-refractivity contribution in [1.82, 2.24) is 14.7 Å². The van der Waals surface area contributed by atoms with Gasteiger partial charge >= 0.3 is 0 Å². The molecule has 27 heavy (non-hydrogen) atoms. The molecule has 2 aromatic rings. The average Bonchev–Trinajstić information content (AvgIpc) is 2.70. The molecule has 4 heteroatoms. The molecule has 0 saturated carbocycles. The van der Waals surface area contributed by atoms with E-state index in [0.29, 0.717) is 5.92 Å². The van der Waals surface area contributed by atoms with Crippen LogP contribution in [0.1, 0.15) is 31.2 Å². The summed E-state index contributed by atoms with van der Waals surface area (Å²) in [4.78, 5) is 19.0. The van der Waals surface area contributed by atoms with Crippen LogP contribution in [-0.2, 0) is 4.79 Å². The van der Waals surface area contributed by atoms with Crippen LogP contribution in [0.3, 0.4) is 0 Å². The van der Waals surface area contributed by atoms with Gasteiger partial charge in [-0.25, -0.2) is 0 Å². The van der Waals surface area contributed by atoms with E-state index in [2.05, 4.69) is 52.3 Å². The molecule has 0 spiro atoms. The molecule has 0 bridgehead atoms. The standard InChI is InChI=1S/C23H33N3O/c1-5-25(4)23(27)22(24(2)3)17-26-15-13-19(14-16-26)21-12-8-10-18-9-6-7-11-20(18)21/h6-12,19,22H,5,13-17H2,1-4H3/t22-/m0/s1. The Kier molecular flexibility index (Phi) is 6.51. The van der Waals surface area contributed by atoms with Crippen LogP contribution in [0.15, 0.2) is 42.5 Å². The number of likely N-dealkylation sites (tertiary alicyclic amines) is 1. The number of hydrogen-bond acceptors (Lipinski definition) is 3. The summed E-state index contributed by atoms with van der Waals surface area (Å²) in [6.45, 7) is 5.72. The molecule has 0 radical (unpaired) electrons. The van der Waals surface area contributed by atoms with Crippen molar-refractivity contribution in [3.8, 4) is 0 Å². The summed E-state index contributed by atoms with van der Waals surface area (Å²) < 4.78 is 0. The third-order valence-corrected chi connectivity index (χ3v) is 6.04. The molecule has 146 valence electrons. The van der Waals surface area contributed by atoms with Crippen LogP contribution in [-0.4, -0.2) is 74.0 Å². The lowest BCUT2D eigenvalue weighted by atomic mass is 9.86. The van der Waals surface area contributed by atoms with Crippen LogP contribution >= 0.6 is 0 Å². The fourth-order valence-corrected chi connectivity index (χ4v) is 4.15. The fourth-order valence-electron chi connectivity index (χ4n) is 4.15. The van der Waals surface area contributed by atoms with Crippen LogP contribution in [0, 0.1) is 0 Å². The van der Waals surface area contributed by atoms with Crippen molar-refractivity contribution in [2.45, 2.75) is 31.7 Å². The number of amides is 1. The Morgan fingerprint density at radius 1 is 1.07 bits per heavy atom. The largest absolute Gasteiger partial charge is 0.345 e. The summed E-state index contributed by atoms with van der Waals surface area (Å²) >= 11 is 0. The van der Waals surface area contributed by atoms with E-state index in [0.717, 1.165) is 39.0 Å². The number of likely N-dealkylation sites (N-methyl/N-ethyl adjacent to an activating group) is 2. The van der Waals surface area contributed by atoms with Gasteiger partial charge in [-0.05, 0) is 69.2 Å². The Labute approximate surface area is 163 Å². The third-order valence-electron chi connectivity index (χ3n) is 6.04. The van der Waals surface area contributed by atoms with Crippen LogP contribution in [0.25, 0.3) is 10.8 Å². The zero-order valence-corrected chi connectivity index (χ0v) is 17.2. The highest BCUT2D eigenvalue weighted by atomic mass is 16.2. The lowest BCUT2D eigenvalue weighted by Gasteiger charge is -2.37. The van der Waals surface area contributed by atoms with E-state index in [1.54, 1.807) is 0 Å². The molecule has 4 nitrogen and oxygen atoms in total. The van der Waals surface area contributed by atoms with Crippen molar-refractivity contribution in [2.75, 3.05) is 47.3 Å². The Morgan fingerprint density at radius 2 is 1.74 bits per heavy atom. The summed E-state index contributed by atoms with van der Waals surface area (Å²) in [5.74, 6) is 0.831. The number of nitrogens with zero attached hydrogens (tertiary/aromatic N) is 3. The van der Waals surface area contributed by atoms with Crippen LogP contribution in [0.4, 0.5) is 0 Å². The topological polar surface area (TPSA) is 26.8 Å². The number of carbonyl (C=O) groups is 1. The van der Waals surface area contributed by atoms with E-state index in [4.69, 9.17) is 0 Å². The van der Waals surface area contributed by atoms with Crippen LogP contribution in [0.5, 0.6) is 0 Å². The highest BCUT2D eigenvalue weighted by Crippen LogP contribution is 2.33. The Hall–Kier alpha value is -1.91. The minimum atomic E-state index is -0.0657. The van der Waals surface area contributed by atoms with Gasteiger partial charge in [-0.1, -0.05) is 42.5 Å². The minimum absolute atomic E-state index is 0.0657. The van der Waals surface area contributed by atoms with Gasteiger partial charge in [0.15, 0.2) is 0 Å². The molecule has 1 atom stereocenters. The van der Waals surface area contributed by atoms with Gasteiger partial charge in [0.1, 0.15) is 6.04 Å². The van der Waals surface area contributed by atoms with Crippen molar-refractivity contribution in [3.63, 3.8) is 0 Å². The number of hydrogen-bond donors (Lipinski definition) is 0. The highest BCUT2D eigenvalue weighted by Gasteiger charge is 2.29. The molecule has 2 aromatic carbocycles. The summed E-state index contributed by atoms with van der Waals surface area (Å²) in [6.07, 6.45) is 2.32. The Balaban J connectivity index is 1.65. The lowest BCUT2D eigenvalue weighted by Crippen LogP contribution is -2.51. The number of piperidine rings is 1. The molecule has 1 aliphatic rings. The molecule has 1 saturated heterocycles. The second kappa shape index (κ2) is 8.85. The summed E-state index contributed by atoms with van der Waals surface area (Å²) in [5.41, 5.74) is 1.48. The normalized spacial score (nSPS) is 17.4. The molecule has 1 aliphatic heterocycles. The van der Waals surface area contributed by atoms with E-state index in [9.17, 15) is 4.79 Å². The second-order valence-electron chi connectivity index (χ2n) is 7.98. The Bertz CT molecular complexity index is 760. The van der Waals surface area contributed by atoms with Crippen molar-refractivity contribution in [3.05, 3.63) is 48.0 Å². The van der Waals surface area contributed by atoms with Gasteiger partial charge in [0, 0.05) is 20.1 Å². The molecule has 3 rings (SSSR count). The number of fused-ring (bicyclic) bond motifs is 1. The van der Waals surface area contributed by atoms with E-state index in [-0.39, 0.29) is 11.9 Å². The van der Waals surface area contributed by atoms with E-state index in [1.807, 2.05) is 33.0 Å². The van der Waals surface area contributed by atoms with E-state index >= 15 is 0 Å². The zero-order valence-electron chi connectivity index (χ0n) is 17.2. The first-order chi connectivity index (χ1) is 13.0. The van der Waals surface area contributed by atoms with Crippen molar-refractivity contribution < 1.29 is 4.79 Å². The Morgan fingerprint density at radius 3 is 2.41 bits per heavy atom. The quantitative estimate of drug-likeness (QED) is 0.783. The van der Waals surface area contributed by atoms with Gasteiger partial charge in [-0.15, -0.1) is 0 Å². The number of rotatable bonds is 6. The first kappa shape index (κ1) is 19.8. The first-order valence-electron chi connectivity index (χ1n) is 10.1. The van der Waals surface area contributed by atoms with Crippen molar-refractivity contribution in [2.24, 2.45) is 0 Å². The first-order valence-corrected chi connectivity index (χ1v) is 10.1. The maximum atomic E-state index is 12.7. The highest BCUT2D eigenvalue weighted by molar-refractivity contribution is 5.86. The minimum Gasteiger partial charge on any atom is -0.345 e. The lowest BCUT2D eigenvalue weighted by molar-refractivity contribution is -0.135. The predicted molar refractivity (Wildman–Crippen MR) is 113 cm³/mol. The maximum absolute atomic E-state index is 12.7. The van der Waals surface area contributed by atoms with Crippen LogP contribution in [0.2, 0.25) is 0 Å². The number of carbonyl (C=O) groups excluding carboxylic acids is 1. The van der Waals surface area contributed by atoms with Gasteiger partial charge in [0.05, 0.1) is 0 Å². The van der Waals surface area contributed by atoms with Gasteiger partial charge in [0.25, 0.3) is 0 Å². The summed E-state index contributed by atoms with van der Waals surface area (Å²) in [5, 5.41) is 2.72. The fraction of sp³-hybridized carbons (Fsp3) is 0.522. The summed E-state index contributed by atoms with van der Waals surface area (Å²) in [6, 6.07) is 15.3. The van der Waals surface area contributed by atoms with Gasteiger partial charge < -0.3 is 9.80 Å². The monoisotopic (exact) mass is 367 g/mol. The molecule has 0 aliphatic carbocycles. The molecule has 1 fully saturated rings. The van der Waals surface area contributed by atoms with E-state index in [1.165, 1.54) is 16.3 Å². The van der Waals surface area contributed by atoms with Crippen LogP contribution < -0.4 is 0 Å². The zero-order chi connectivity index (χ0) is 19.4. The van der Waals surface area contributed by atoms with Gasteiger partial charge in [-0.3, -0.25) is 9.69 Å². The molecule has 1 heterocycles. The van der Waals surface area contributed by atoms with Crippen molar-refractivity contribution in [1.29, 1.82) is 0 Å². The SMILES string of the molecule is CCN(C)C(=O)[C@H](CN1CCC(c2cccc3ccccc23)CC1)N(C)C. The average molecular weight is 368 g/mol. The van der Waals surface area contributed by atoms with Gasteiger partial charge in [-0.2, -0.15) is 0 Å². The number of benzene rings is 2. The molecular weight excluding hydrogens is 334 g/mol. The second-order valence-corrected chi connectivity index (χ2v) is 7.98. The smallest absolute Gasteiger partial charge is 0.240 e. The molecular formula is C23H33N3O.